The third kappa shape index (κ3) is 5.04. The lowest BCUT2D eigenvalue weighted by atomic mass is 9.79. The van der Waals surface area contributed by atoms with E-state index in [0.29, 0.717) is 0 Å². The highest BCUT2D eigenvalue weighted by Crippen LogP contribution is 2.41. The van der Waals surface area contributed by atoms with Crippen LogP contribution in [0.2, 0.25) is 0 Å². The third-order valence-corrected chi connectivity index (χ3v) is 9.16. The molecule has 8 rings (SSSR count). The first-order valence-electron chi connectivity index (χ1n) is 15.9. The molecule has 0 saturated carbocycles. The monoisotopic (exact) mass is 590 g/mol. The van der Waals surface area contributed by atoms with Crippen molar-refractivity contribution >= 4 is 32.9 Å². The Balaban J connectivity index is 1.20. The summed E-state index contributed by atoms with van der Waals surface area (Å²) in [6.07, 6.45) is 18.3. The van der Waals surface area contributed by atoms with E-state index in [1.54, 1.807) is 0 Å². The molecule has 2 aliphatic rings. The van der Waals surface area contributed by atoms with Crippen molar-refractivity contribution in [3.63, 3.8) is 0 Å². The molecule has 0 amide bonds. The van der Waals surface area contributed by atoms with Gasteiger partial charge in [0.25, 0.3) is 0 Å². The molecular formula is C44H34N2. The Hall–Kier alpha value is -5.86. The van der Waals surface area contributed by atoms with Crippen LogP contribution in [-0.2, 0) is 11.1 Å². The maximum atomic E-state index is 3.86. The van der Waals surface area contributed by atoms with Crippen LogP contribution in [0.4, 0.5) is 11.4 Å². The maximum absolute atomic E-state index is 3.86. The molecule has 0 unspecified atom stereocenters. The van der Waals surface area contributed by atoms with Gasteiger partial charge in [-0.1, -0.05) is 170 Å². The molecule has 2 heteroatoms. The average Bonchev–Trinajstić information content (AvgIpc) is 3.13. The van der Waals surface area contributed by atoms with Crippen LogP contribution >= 0.6 is 0 Å². The molecule has 6 aromatic carbocycles. The quantitative estimate of drug-likeness (QED) is 0.202. The largest absolute Gasteiger partial charge is 0.369 e. The van der Waals surface area contributed by atoms with Gasteiger partial charge in [0, 0.05) is 11.4 Å². The highest BCUT2D eigenvalue weighted by atomic mass is 15.0. The summed E-state index contributed by atoms with van der Waals surface area (Å²) in [5.74, 6) is 0. The van der Waals surface area contributed by atoms with Crippen molar-refractivity contribution < 1.29 is 0 Å². The molecule has 0 heterocycles. The van der Waals surface area contributed by atoms with Crippen molar-refractivity contribution in [2.75, 3.05) is 10.6 Å². The molecule has 220 valence electrons. The minimum atomic E-state index is -0.504. The maximum Gasteiger partial charge on any atom is 0.101 e. The fourth-order valence-corrected chi connectivity index (χ4v) is 6.85. The van der Waals surface area contributed by atoms with E-state index in [-0.39, 0.29) is 0 Å². The first-order chi connectivity index (χ1) is 22.7. The van der Waals surface area contributed by atoms with Gasteiger partial charge in [0.2, 0.25) is 0 Å². The lowest BCUT2D eigenvalue weighted by molar-refractivity contribution is 0.774. The molecular weight excluding hydrogens is 556 g/mol. The number of hydrogen-bond donors (Lipinski definition) is 2. The van der Waals surface area contributed by atoms with Crippen molar-refractivity contribution in [1.82, 2.24) is 0 Å². The molecule has 0 aliphatic heterocycles. The Morgan fingerprint density at radius 2 is 0.674 bits per heavy atom. The van der Waals surface area contributed by atoms with Crippen LogP contribution < -0.4 is 10.6 Å². The predicted octanol–water partition coefficient (Wildman–Crippen LogP) is 10.9. The van der Waals surface area contributed by atoms with Crippen LogP contribution in [0, 0.1) is 0 Å². The first kappa shape index (κ1) is 27.7. The minimum Gasteiger partial charge on any atom is -0.369 e. The summed E-state index contributed by atoms with van der Waals surface area (Å²) in [6.45, 7) is 0. The first-order valence-corrected chi connectivity index (χ1v) is 15.9. The number of anilines is 2. The van der Waals surface area contributed by atoms with Crippen molar-refractivity contribution in [3.8, 4) is 0 Å². The van der Waals surface area contributed by atoms with E-state index in [2.05, 4.69) is 205 Å². The second kappa shape index (κ2) is 11.6. The van der Waals surface area contributed by atoms with Gasteiger partial charge >= 0.3 is 0 Å². The molecule has 6 aromatic rings. The molecule has 0 aromatic heterocycles. The molecule has 2 aliphatic carbocycles. The van der Waals surface area contributed by atoms with Gasteiger partial charge in [-0.25, -0.2) is 0 Å². The molecule has 0 saturated heterocycles. The summed E-state index contributed by atoms with van der Waals surface area (Å²) in [5.41, 5.74) is 5.93. The average molecular weight is 591 g/mol. The lowest BCUT2D eigenvalue weighted by Crippen LogP contribution is -2.33. The third-order valence-electron chi connectivity index (χ3n) is 9.16. The van der Waals surface area contributed by atoms with Crippen molar-refractivity contribution in [2.45, 2.75) is 11.1 Å². The highest BCUT2D eigenvalue weighted by Gasteiger charge is 2.32. The van der Waals surface area contributed by atoms with Gasteiger partial charge in [-0.2, -0.15) is 0 Å². The summed E-state index contributed by atoms with van der Waals surface area (Å²) in [4.78, 5) is 0. The van der Waals surface area contributed by atoms with E-state index in [9.17, 15) is 0 Å². The molecule has 0 radical (unpaired) electrons. The Morgan fingerprint density at radius 3 is 1.09 bits per heavy atom. The smallest absolute Gasteiger partial charge is 0.101 e. The second-order valence-electron chi connectivity index (χ2n) is 12.0. The van der Waals surface area contributed by atoms with Crippen LogP contribution in [0.3, 0.4) is 0 Å². The van der Waals surface area contributed by atoms with Crippen LogP contribution in [0.5, 0.6) is 0 Å². The predicted molar refractivity (Wildman–Crippen MR) is 195 cm³/mol. The zero-order chi connectivity index (χ0) is 30.8. The number of para-hydroxylation sites is 2. The number of nitrogens with one attached hydrogen (secondary N) is 2. The fourth-order valence-electron chi connectivity index (χ4n) is 6.85. The van der Waals surface area contributed by atoms with Crippen molar-refractivity contribution in [2.24, 2.45) is 0 Å². The summed E-state index contributed by atoms with van der Waals surface area (Å²) in [5, 5.41) is 12.7. The minimum absolute atomic E-state index is 0.504. The number of fused-ring (bicyclic) bond motifs is 2. The molecule has 46 heavy (non-hydrogen) atoms. The Labute approximate surface area is 270 Å². The molecule has 0 bridgehead atoms. The molecule has 2 N–H and O–H groups in total. The Bertz CT molecular complexity index is 2000. The number of hydrogen-bond acceptors (Lipinski definition) is 2. The van der Waals surface area contributed by atoms with Gasteiger partial charge in [-0.05, 0) is 68.1 Å². The number of rotatable bonds is 6. The van der Waals surface area contributed by atoms with Crippen LogP contribution in [0.25, 0.3) is 21.5 Å². The van der Waals surface area contributed by atoms with Crippen LogP contribution in [-0.4, -0.2) is 0 Å². The zero-order valence-corrected chi connectivity index (χ0v) is 25.5. The SMILES string of the molecule is C1=CC(Nc2ccccc2)(c2cccc3ccccc23)C=CC1=C1C=CC(Nc2ccccc2)(c2cccc3ccccc23)C=C1. The van der Waals surface area contributed by atoms with E-state index in [1.165, 1.54) is 43.8 Å². The summed E-state index contributed by atoms with van der Waals surface area (Å²) in [7, 11) is 0. The standard InChI is InChI=1S/C44H34N2/c1-3-17-37(18-4-1)45-43(41-23-11-15-35-13-7-9-21-39(35)41)29-25-33(26-30-43)34-27-31-44(32-28-34,46-38-19-5-2-6-20-38)42-24-12-16-36-14-8-10-22-40(36)42/h1-32,45-46H. The molecule has 0 fully saturated rings. The van der Waals surface area contributed by atoms with Crippen molar-refractivity contribution in [1.29, 1.82) is 0 Å². The Morgan fingerprint density at radius 1 is 0.326 bits per heavy atom. The fraction of sp³-hybridized carbons (Fsp3) is 0.0455. The van der Waals surface area contributed by atoms with Gasteiger partial charge in [0.15, 0.2) is 0 Å². The Kier molecular flexibility index (Phi) is 6.96. The molecule has 0 atom stereocenters. The van der Waals surface area contributed by atoms with Gasteiger partial charge in [-0.15, -0.1) is 0 Å². The molecule has 0 spiro atoms. The number of allylic oxidation sites excluding steroid dienone is 6. The normalized spacial score (nSPS) is 20.3. The van der Waals surface area contributed by atoms with Crippen LogP contribution in [0.1, 0.15) is 11.1 Å². The van der Waals surface area contributed by atoms with Gasteiger partial charge < -0.3 is 10.6 Å². The topological polar surface area (TPSA) is 24.1 Å². The summed E-state index contributed by atoms with van der Waals surface area (Å²) >= 11 is 0. The van der Waals surface area contributed by atoms with E-state index >= 15 is 0 Å². The van der Waals surface area contributed by atoms with Crippen LogP contribution in [0.15, 0.2) is 205 Å². The second-order valence-corrected chi connectivity index (χ2v) is 12.0. The summed E-state index contributed by atoms with van der Waals surface area (Å²) in [6, 6.07) is 51.3. The van der Waals surface area contributed by atoms with E-state index in [0.717, 1.165) is 11.4 Å². The van der Waals surface area contributed by atoms with Crippen molar-refractivity contribution in [3.05, 3.63) is 216 Å². The highest BCUT2D eigenvalue weighted by molar-refractivity contribution is 5.89. The zero-order valence-electron chi connectivity index (χ0n) is 25.5. The van der Waals surface area contributed by atoms with E-state index in [1.807, 2.05) is 0 Å². The molecule has 2 nitrogen and oxygen atoms in total. The van der Waals surface area contributed by atoms with Gasteiger partial charge in [0.1, 0.15) is 11.1 Å². The van der Waals surface area contributed by atoms with Gasteiger partial charge in [-0.3, -0.25) is 0 Å². The number of benzene rings is 6. The van der Waals surface area contributed by atoms with E-state index < -0.39 is 11.1 Å². The summed E-state index contributed by atoms with van der Waals surface area (Å²) < 4.78 is 0. The van der Waals surface area contributed by atoms with E-state index in [4.69, 9.17) is 0 Å². The van der Waals surface area contributed by atoms with Gasteiger partial charge in [0.05, 0.1) is 0 Å². The lowest BCUT2D eigenvalue weighted by Gasteiger charge is -2.35.